The lowest BCUT2D eigenvalue weighted by Crippen LogP contribution is -2.68. The molecule has 0 bridgehead atoms. The number of nitrogen functional groups attached to an aromatic ring is 1. The van der Waals surface area contributed by atoms with Crippen LogP contribution in [0.2, 0.25) is 0 Å². The maximum atomic E-state index is 12.6. The molecule has 1 aliphatic heterocycles. The number of benzene rings is 1. The van der Waals surface area contributed by atoms with E-state index in [1.165, 1.54) is 6.20 Å². The van der Waals surface area contributed by atoms with Gasteiger partial charge in [0.15, 0.2) is 15.2 Å². The zero-order chi connectivity index (χ0) is 26.6. The largest absolute Gasteiger partial charge is 0.490 e. The lowest BCUT2D eigenvalue weighted by molar-refractivity contribution is -0.192. The summed E-state index contributed by atoms with van der Waals surface area (Å²) in [6.07, 6.45) is -2.39. The zero-order valence-electron chi connectivity index (χ0n) is 18.6. The van der Waals surface area contributed by atoms with Crippen LogP contribution in [-0.4, -0.2) is 59.1 Å². The number of amides is 3. The predicted octanol–water partition coefficient (Wildman–Crippen LogP) is 2.14. The first-order valence-electron chi connectivity index (χ1n) is 10.0. The number of pyridine rings is 1. The number of alkyl halides is 3. The van der Waals surface area contributed by atoms with Crippen LogP contribution in [0.25, 0.3) is 0 Å². The van der Waals surface area contributed by atoms with Crippen LogP contribution in [0, 0.1) is 5.92 Å². The molecule has 3 rings (SSSR count). The first kappa shape index (κ1) is 27.6. The summed E-state index contributed by atoms with van der Waals surface area (Å²) >= 11 is 0. The van der Waals surface area contributed by atoms with Gasteiger partial charge in [-0.25, -0.2) is 27.9 Å². The van der Waals surface area contributed by atoms with Crippen LogP contribution in [-0.2, 0) is 25.8 Å². The van der Waals surface area contributed by atoms with Crippen molar-refractivity contribution in [3.05, 3.63) is 59.8 Å². The molecule has 1 fully saturated rings. The molecule has 1 aliphatic rings. The molecule has 14 heteroatoms. The van der Waals surface area contributed by atoms with Gasteiger partial charge in [0.1, 0.15) is 5.82 Å². The Balaban J connectivity index is 0.000000540. The van der Waals surface area contributed by atoms with Gasteiger partial charge in [-0.05, 0) is 36.6 Å². The molecule has 1 saturated heterocycles. The predicted molar refractivity (Wildman–Crippen MR) is 118 cm³/mol. The molecule has 1 aromatic heterocycles. The number of nitrogens with zero attached hydrogens (tertiary/aromatic N) is 2. The summed E-state index contributed by atoms with van der Waals surface area (Å²) < 4.78 is 56.3. The second-order valence-electron chi connectivity index (χ2n) is 7.71. The summed E-state index contributed by atoms with van der Waals surface area (Å²) in [6.45, 7) is 1.77. The molecule has 0 saturated carbocycles. The Hall–Kier alpha value is -3.68. The maximum Gasteiger partial charge on any atom is 0.490 e. The van der Waals surface area contributed by atoms with Crippen LogP contribution in [0.5, 0.6) is 0 Å². The second kappa shape index (κ2) is 10.7. The number of imide groups is 1. The SMILES string of the molecule is CC(NC(=O)N1C(=O)[C@H](Cc2ccnc(N)c2)[C@H]1S(C)(=O)=O)c1ccccc1.O=C(O)C(F)(F)F. The molecule has 2 heterocycles. The molecule has 4 N–H and O–H groups in total. The van der Waals surface area contributed by atoms with Gasteiger partial charge in [0.25, 0.3) is 0 Å². The lowest BCUT2D eigenvalue weighted by atomic mass is 9.91. The number of nitrogens with two attached hydrogens (primary N) is 1. The van der Waals surface area contributed by atoms with Gasteiger partial charge in [-0.2, -0.15) is 13.2 Å². The standard InChI is InChI=1S/C19H22N4O4S.C2HF3O2/c1-12(14-6-4-3-5-7-14)22-19(25)23-17(24)15(18(23)28(2,26)27)10-13-8-9-21-16(20)11-13;3-2(4,5)1(6)7/h3-9,11-12,15,18H,10H2,1-2H3,(H2,20,21)(H,22,25);(H,6,7)/t12?,15-,18+;/m0./s1. The number of aliphatic carboxylic acids is 1. The van der Waals surface area contributed by atoms with E-state index in [1.807, 2.05) is 30.3 Å². The number of halogens is 3. The fourth-order valence-corrected chi connectivity index (χ4v) is 4.76. The molecular formula is C21H23F3N4O6S. The lowest BCUT2D eigenvalue weighted by Gasteiger charge is -2.44. The highest BCUT2D eigenvalue weighted by Gasteiger charge is 2.55. The number of carboxylic acids is 1. The van der Waals surface area contributed by atoms with Crippen molar-refractivity contribution in [2.75, 3.05) is 12.0 Å². The Kier molecular flexibility index (Phi) is 8.44. The third-order valence-corrected chi connectivity index (χ3v) is 6.41. The van der Waals surface area contributed by atoms with Gasteiger partial charge < -0.3 is 16.2 Å². The highest BCUT2D eigenvalue weighted by Crippen LogP contribution is 2.34. The van der Waals surface area contributed by atoms with E-state index in [2.05, 4.69) is 10.3 Å². The Morgan fingerprint density at radius 2 is 1.80 bits per heavy atom. The molecular weight excluding hydrogens is 493 g/mol. The van der Waals surface area contributed by atoms with E-state index in [1.54, 1.807) is 19.1 Å². The number of aromatic nitrogens is 1. The maximum absolute atomic E-state index is 12.6. The molecule has 3 amide bonds. The minimum Gasteiger partial charge on any atom is -0.475 e. The number of urea groups is 1. The Morgan fingerprint density at radius 1 is 1.23 bits per heavy atom. The van der Waals surface area contributed by atoms with Crippen molar-refractivity contribution in [1.82, 2.24) is 15.2 Å². The van der Waals surface area contributed by atoms with Crippen LogP contribution in [0.1, 0.15) is 24.1 Å². The number of nitrogens with one attached hydrogen (secondary N) is 1. The average molecular weight is 516 g/mol. The van der Waals surface area contributed by atoms with Crippen molar-refractivity contribution in [3.8, 4) is 0 Å². The Bertz CT molecular complexity index is 1190. The Labute approximate surface area is 198 Å². The molecule has 0 aliphatic carbocycles. The first-order valence-corrected chi connectivity index (χ1v) is 12.0. The molecule has 2 aromatic rings. The van der Waals surface area contributed by atoms with Gasteiger partial charge in [0.05, 0.1) is 12.0 Å². The van der Waals surface area contributed by atoms with Crippen LogP contribution >= 0.6 is 0 Å². The van der Waals surface area contributed by atoms with Gasteiger partial charge in [0.2, 0.25) is 5.91 Å². The normalized spacial score (nSPS) is 18.5. The molecule has 1 aromatic carbocycles. The highest BCUT2D eigenvalue weighted by molar-refractivity contribution is 7.91. The summed E-state index contributed by atoms with van der Waals surface area (Å²) in [7, 11) is -3.68. The minimum absolute atomic E-state index is 0.168. The third kappa shape index (κ3) is 7.15. The first-order chi connectivity index (χ1) is 16.1. The number of β-lactam (4-membered cyclic amide) rings is 1. The summed E-state index contributed by atoms with van der Waals surface area (Å²) in [6, 6.07) is 11.4. The van der Waals surface area contributed by atoms with Crippen molar-refractivity contribution in [2.24, 2.45) is 5.92 Å². The van der Waals surface area contributed by atoms with E-state index in [9.17, 15) is 31.2 Å². The van der Waals surface area contributed by atoms with Gasteiger partial charge >= 0.3 is 18.2 Å². The van der Waals surface area contributed by atoms with E-state index in [-0.39, 0.29) is 18.3 Å². The highest BCUT2D eigenvalue weighted by atomic mass is 32.2. The van der Waals surface area contributed by atoms with Crippen molar-refractivity contribution >= 4 is 33.6 Å². The number of anilines is 1. The smallest absolute Gasteiger partial charge is 0.475 e. The van der Waals surface area contributed by atoms with E-state index < -0.39 is 45.2 Å². The second-order valence-corrected chi connectivity index (χ2v) is 9.85. The summed E-state index contributed by atoms with van der Waals surface area (Å²) in [4.78, 5) is 38.8. The van der Waals surface area contributed by atoms with Crippen molar-refractivity contribution in [2.45, 2.75) is 30.9 Å². The molecule has 3 atom stereocenters. The molecule has 0 spiro atoms. The fourth-order valence-electron chi connectivity index (χ4n) is 3.37. The van der Waals surface area contributed by atoms with E-state index in [0.717, 1.165) is 16.7 Å². The summed E-state index contributed by atoms with van der Waals surface area (Å²) in [5.74, 6) is -3.84. The minimum atomic E-state index is -5.08. The van der Waals surface area contributed by atoms with Gasteiger partial charge in [-0.3, -0.25) is 4.79 Å². The number of carbonyl (C=O) groups excluding carboxylic acids is 2. The average Bonchev–Trinajstić information content (AvgIpc) is 2.75. The summed E-state index contributed by atoms with van der Waals surface area (Å²) in [5.41, 5.74) is 7.19. The van der Waals surface area contributed by atoms with Crippen LogP contribution in [0.15, 0.2) is 48.7 Å². The van der Waals surface area contributed by atoms with Gasteiger partial charge in [-0.1, -0.05) is 30.3 Å². The Morgan fingerprint density at radius 3 is 2.29 bits per heavy atom. The van der Waals surface area contributed by atoms with E-state index >= 15 is 0 Å². The van der Waals surface area contributed by atoms with Crippen LogP contribution in [0.3, 0.4) is 0 Å². The van der Waals surface area contributed by atoms with Gasteiger partial charge in [-0.15, -0.1) is 0 Å². The number of carbonyl (C=O) groups is 3. The number of hydrogen-bond donors (Lipinski definition) is 3. The van der Waals surface area contributed by atoms with Crippen molar-refractivity contribution < 1.29 is 41.1 Å². The summed E-state index contributed by atoms with van der Waals surface area (Å²) in [5, 5.41) is 8.61. The van der Waals surface area contributed by atoms with E-state index in [4.69, 9.17) is 15.6 Å². The van der Waals surface area contributed by atoms with Crippen molar-refractivity contribution in [3.63, 3.8) is 0 Å². The zero-order valence-corrected chi connectivity index (χ0v) is 19.4. The van der Waals surface area contributed by atoms with Crippen molar-refractivity contribution in [1.29, 1.82) is 0 Å². The quantitative estimate of drug-likeness (QED) is 0.510. The topological polar surface area (TPSA) is 160 Å². The molecule has 10 nitrogen and oxygen atoms in total. The molecule has 0 radical (unpaired) electrons. The molecule has 35 heavy (non-hydrogen) atoms. The van der Waals surface area contributed by atoms with E-state index in [0.29, 0.717) is 5.56 Å². The molecule has 190 valence electrons. The monoisotopic (exact) mass is 516 g/mol. The number of likely N-dealkylation sites (tertiary alicyclic amines) is 1. The third-order valence-electron chi connectivity index (χ3n) is 4.99. The number of sulfone groups is 1. The number of hydrogen-bond acceptors (Lipinski definition) is 7. The molecule has 1 unspecified atom stereocenters. The number of carboxylic acid groups (broad SMARTS) is 1. The van der Waals surface area contributed by atoms with Gasteiger partial charge in [0, 0.05) is 12.5 Å². The van der Waals surface area contributed by atoms with Crippen LogP contribution < -0.4 is 11.1 Å². The fraction of sp³-hybridized carbons (Fsp3) is 0.333. The number of rotatable bonds is 5. The van der Waals surface area contributed by atoms with Crippen LogP contribution in [0.4, 0.5) is 23.8 Å².